The number of β-amino-alcohol motifs (C(OH)–C–C–N with tert-alkyl or cyclic N) is 1. The molecule has 0 aliphatic carbocycles. The second kappa shape index (κ2) is 6.82. The molecule has 0 bridgehead atoms. The number of amides is 2. The third-order valence-electron chi connectivity index (χ3n) is 4.58. The summed E-state index contributed by atoms with van der Waals surface area (Å²) < 4.78 is 26.3. The first kappa shape index (κ1) is 16.8. The molecule has 0 aromatic heterocycles. The van der Waals surface area contributed by atoms with Crippen LogP contribution in [0.15, 0.2) is 18.2 Å². The Morgan fingerprint density at radius 3 is 2.79 bits per heavy atom. The first-order valence-corrected chi connectivity index (χ1v) is 7.90. The van der Waals surface area contributed by atoms with E-state index in [1.165, 1.54) is 11.0 Å². The van der Waals surface area contributed by atoms with Gasteiger partial charge in [-0.05, 0) is 18.6 Å². The number of aliphatic hydroxyl groups excluding tert-OH is 1. The van der Waals surface area contributed by atoms with Crippen LogP contribution in [0.25, 0.3) is 0 Å². The van der Waals surface area contributed by atoms with Gasteiger partial charge in [-0.1, -0.05) is 0 Å². The summed E-state index contributed by atoms with van der Waals surface area (Å²) in [4.78, 5) is 25.9. The Bertz CT molecular complexity index is 655. The van der Waals surface area contributed by atoms with Crippen molar-refractivity contribution in [3.63, 3.8) is 0 Å². The second-order valence-corrected chi connectivity index (χ2v) is 6.16. The Morgan fingerprint density at radius 2 is 2.12 bits per heavy atom. The Morgan fingerprint density at radius 1 is 1.33 bits per heavy atom. The van der Waals surface area contributed by atoms with Gasteiger partial charge in [-0.3, -0.25) is 9.59 Å². The van der Waals surface area contributed by atoms with Crippen molar-refractivity contribution in [2.24, 2.45) is 11.8 Å². The van der Waals surface area contributed by atoms with Gasteiger partial charge in [0.2, 0.25) is 11.8 Å². The van der Waals surface area contributed by atoms with Crippen LogP contribution in [0.4, 0.5) is 14.5 Å². The van der Waals surface area contributed by atoms with Gasteiger partial charge in [-0.2, -0.15) is 0 Å². The van der Waals surface area contributed by atoms with E-state index in [2.05, 4.69) is 10.6 Å². The third-order valence-corrected chi connectivity index (χ3v) is 4.58. The Balaban J connectivity index is 1.60. The van der Waals surface area contributed by atoms with Gasteiger partial charge in [-0.25, -0.2) is 8.78 Å². The van der Waals surface area contributed by atoms with Crippen molar-refractivity contribution in [3.05, 3.63) is 29.8 Å². The van der Waals surface area contributed by atoms with Crippen LogP contribution in [0.3, 0.4) is 0 Å². The monoisotopic (exact) mass is 339 g/mol. The predicted octanol–water partition coefficient (Wildman–Crippen LogP) is 0.0142. The maximum absolute atomic E-state index is 13.3. The molecular weight excluding hydrogens is 320 g/mol. The first-order chi connectivity index (χ1) is 11.5. The predicted molar refractivity (Wildman–Crippen MR) is 82.2 cm³/mol. The number of hydrogen-bond donors (Lipinski definition) is 3. The highest BCUT2D eigenvalue weighted by atomic mass is 19.2. The molecule has 0 saturated carbocycles. The maximum atomic E-state index is 13.3. The average molecular weight is 339 g/mol. The molecule has 2 aliphatic heterocycles. The van der Waals surface area contributed by atoms with Gasteiger partial charge in [0.25, 0.3) is 0 Å². The van der Waals surface area contributed by atoms with Gasteiger partial charge in [0.15, 0.2) is 11.6 Å². The van der Waals surface area contributed by atoms with E-state index in [1.807, 2.05) is 0 Å². The van der Waals surface area contributed by atoms with E-state index < -0.39 is 35.5 Å². The number of benzene rings is 1. The van der Waals surface area contributed by atoms with Gasteiger partial charge in [0, 0.05) is 43.9 Å². The zero-order chi connectivity index (χ0) is 17.3. The van der Waals surface area contributed by atoms with Gasteiger partial charge >= 0.3 is 0 Å². The van der Waals surface area contributed by atoms with Crippen molar-refractivity contribution in [2.45, 2.75) is 12.5 Å². The van der Waals surface area contributed by atoms with E-state index in [4.69, 9.17) is 0 Å². The van der Waals surface area contributed by atoms with Crippen LogP contribution in [0.5, 0.6) is 0 Å². The summed E-state index contributed by atoms with van der Waals surface area (Å²) in [6, 6.07) is 3.23. The van der Waals surface area contributed by atoms with Gasteiger partial charge in [0.05, 0.1) is 6.10 Å². The van der Waals surface area contributed by atoms with Crippen molar-refractivity contribution in [3.8, 4) is 0 Å². The van der Waals surface area contributed by atoms with Crippen molar-refractivity contribution in [1.29, 1.82) is 0 Å². The number of aliphatic hydroxyl groups is 1. The fourth-order valence-corrected chi connectivity index (χ4v) is 3.11. The highest BCUT2D eigenvalue weighted by Gasteiger charge is 2.38. The van der Waals surface area contributed by atoms with E-state index >= 15 is 0 Å². The Labute approximate surface area is 137 Å². The van der Waals surface area contributed by atoms with Gasteiger partial charge in [0.1, 0.15) is 5.92 Å². The molecule has 2 amide bonds. The molecule has 0 radical (unpaired) electrons. The van der Waals surface area contributed by atoms with Crippen LogP contribution in [0.2, 0.25) is 0 Å². The van der Waals surface area contributed by atoms with E-state index in [1.54, 1.807) is 0 Å². The molecule has 3 N–H and O–H groups in total. The molecule has 1 aromatic rings. The largest absolute Gasteiger partial charge is 0.391 e. The minimum Gasteiger partial charge on any atom is -0.391 e. The second-order valence-electron chi connectivity index (χ2n) is 6.16. The number of nitrogens with one attached hydrogen (secondary N) is 2. The lowest BCUT2D eigenvalue weighted by atomic mass is 10.0. The third kappa shape index (κ3) is 3.25. The summed E-state index contributed by atoms with van der Waals surface area (Å²) in [6.07, 6.45) is -0.196. The minimum absolute atomic E-state index is 0.0762. The molecule has 6 nitrogen and oxygen atoms in total. The fourth-order valence-electron chi connectivity index (χ4n) is 3.11. The molecule has 8 heteroatoms. The molecule has 1 aromatic carbocycles. The molecule has 2 fully saturated rings. The number of nitrogens with zero attached hydrogens (tertiary/aromatic N) is 1. The summed E-state index contributed by atoms with van der Waals surface area (Å²) in [7, 11) is 0. The smallest absolute Gasteiger partial charge is 0.239 e. The molecule has 2 heterocycles. The fraction of sp³-hybridized carbons (Fsp3) is 0.500. The van der Waals surface area contributed by atoms with Gasteiger partial charge < -0.3 is 20.6 Å². The average Bonchev–Trinajstić information content (AvgIpc) is 3.14. The highest BCUT2D eigenvalue weighted by molar-refractivity contribution is 6.09. The van der Waals surface area contributed by atoms with Crippen molar-refractivity contribution in [2.75, 3.05) is 31.1 Å². The summed E-state index contributed by atoms with van der Waals surface area (Å²) in [6.45, 7) is 1.67. The molecule has 24 heavy (non-hydrogen) atoms. The summed E-state index contributed by atoms with van der Waals surface area (Å²) >= 11 is 0. The number of carbonyl (C=O) groups is 2. The zero-order valence-electron chi connectivity index (χ0n) is 13.0. The quantitative estimate of drug-likeness (QED) is 0.675. The van der Waals surface area contributed by atoms with Crippen LogP contribution < -0.4 is 15.5 Å². The van der Waals surface area contributed by atoms with E-state index in [0.29, 0.717) is 26.1 Å². The topological polar surface area (TPSA) is 81.7 Å². The summed E-state index contributed by atoms with van der Waals surface area (Å²) in [5, 5.41) is 15.4. The van der Waals surface area contributed by atoms with Crippen molar-refractivity contribution >= 4 is 17.5 Å². The lowest BCUT2D eigenvalue weighted by molar-refractivity contribution is -0.132. The Hall–Kier alpha value is -2.06. The molecule has 3 atom stereocenters. The van der Waals surface area contributed by atoms with Crippen molar-refractivity contribution in [1.82, 2.24) is 10.6 Å². The Kier molecular flexibility index (Phi) is 4.77. The summed E-state index contributed by atoms with van der Waals surface area (Å²) in [5.41, 5.74) is 0.240. The molecule has 3 rings (SSSR count). The highest BCUT2D eigenvalue weighted by Crippen LogP contribution is 2.26. The SMILES string of the molecule is O=C(NCC1CNCC1O)C1CCN(c2ccc(F)c(F)c2)C1=O. The number of hydrogen-bond acceptors (Lipinski definition) is 4. The van der Waals surface area contributed by atoms with E-state index in [-0.39, 0.29) is 18.2 Å². The standard InChI is InChI=1S/C16H19F2N3O3/c17-12-2-1-10(5-13(12)18)21-4-3-11(16(21)24)15(23)20-7-9-6-19-8-14(9)22/h1-2,5,9,11,14,19,22H,3-4,6-8H2,(H,20,23). The lowest BCUT2D eigenvalue weighted by Gasteiger charge is -2.18. The number of halogens is 2. The number of anilines is 1. The van der Waals surface area contributed by atoms with Crippen LogP contribution in [0, 0.1) is 23.5 Å². The molecular formula is C16H19F2N3O3. The lowest BCUT2D eigenvalue weighted by Crippen LogP contribution is -2.40. The van der Waals surface area contributed by atoms with Crippen LogP contribution in [-0.2, 0) is 9.59 Å². The van der Waals surface area contributed by atoms with Gasteiger partial charge in [-0.15, -0.1) is 0 Å². The molecule has 0 spiro atoms. The first-order valence-electron chi connectivity index (χ1n) is 7.90. The van der Waals surface area contributed by atoms with Crippen LogP contribution in [-0.4, -0.2) is 49.2 Å². The van der Waals surface area contributed by atoms with Crippen LogP contribution >= 0.6 is 0 Å². The number of carbonyl (C=O) groups excluding carboxylic acids is 2. The number of rotatable bonds is 4. The normalized spacial score (nSPS) is 26.9. The minimum atomic E-state index is -1.03. The molecule has 2 aliphatic rings. The van der Waals surface area contributed by atoms with E-state index in [9.17, 15) is 23.5 Å². The molecule has 3 unspecified atom stereocenters. The summed E-state index contributed by atoms with van der Waals surface area (Å²) in [5.74, 6) is -3.76. The zero-order valence-corrected chi connectivity index (χ0v) is 13.0. The molecule has 130 valence electrons. The van der Waals surface area contributed by atoms with Crippen LogP contribution in [0.1, 0.15) is 6.42 Å². The van der Waals surface area contributed by atoms with E-state index in [0.717, 1.165) is 12.1 Å². The van der Waals surface area contributed by atoms with Crippen molar-refractivity contribution < 1.29 is 23.5 Å². The maximum Gasteiger partial charge on any atom is 0.239 e. The molecule has 2 saturated heterocycles.